The molecule has 1 aromatic carbocycles. The van der Waals surface area contributed by atoms with Crippen LogP contribution in [-0.2, 0) is 0 Å². The SMILES string of the molecule is Cc1ccc(-c2n[nH]c(C3CC3)n2)c(F)c1. The van der Waals surface area contributed by atoms with Crippen molar-refractivity contribution in [2.75, 3.05) is 0 Å². The fourth-order valence-corrected chi connectivity index (χ4v) is 1.74. The second kappa shape index (κ2) is 3.40. The second-order valence-electron chi connectivity index (χ2n) is 4.30. The van der Waals surface area contributed by atoms with Gasteiger partial charge in [0, 0.05) is 5.92 Å². The molecule has 4 heteroatoms. The lowest BCUT2D eigenvalue weighted by atomic mass is 10.1. The number of halogens is 1. The summed E-state index contributed by atoms with van der Waals surface area (Å²) in [4.78, 5) is 4.33. The van der Waals surface area contributed by atoms with Crippen molar-refractivity contribution in [1.29, 1.82) is 0 Å². The van der Waals surface area contributed by atoms with Gasteiger partial charge in [0.2, 0.25) is 0 Å². The highest BCUT2D eigenvalue weighted by Gasteiger charge is 2.27. The Kier molecular flexibility index (Phi) is 2.02. The lowest BCUT2D eigenvalue weighted by Crippen LogP contribution is -1.88. The predicted octanol–water partition coefficient (Wildman–Crippen LogP) is 2.80. The van der Waals surface area contributed by atoms with Gasteiger partial charge in [-0.25, -0.2) is 9.37 Å². The summed E-state index contributed by atoms with van der Waals surface area (Å²) in [5.74, 6) is 1.59. The number of aromatic amines is 1. The van der Waals surface area contributed by atoms with Crippen molar-refractivity contribution >= 4 is 0 Å². The maximum atomic E-state index is 13.7. The second-order valence-corrected chi connectivity index (χ2v) is 4.30. The van der Waals surface area contributed by atoms with Crippen molar-refractivity contribution in [2.24, 2.45) is 0 Å². The number of rotatable bonds is 2. The Balaban J connectivity index is 2.00. The summed E-state index contributed by atoms with van der Waals surface area (Å²) < 4.78 is 13.7. The van der Waals surface area contributed by atoms with Crippen molar-refractivity contribution in [3.63, 3.8) is 0 Å². The van der Waals surface area contributed by atoms with Crippen LogP contribution in [0.4, 0.5) is 4.39 Å². The number of benzene rings is 1. The Labute approximate surface area is 92.7 Å². The van der Waals surface area contributed by atoms with Gasteiger partial charge in [0.25, 0.3) is 0 Å². The standard InChI is InChI=1S/C12H12FN3/c1-7-2-5-9(10(13)6-7)12-14-11(15-16-12)8-3-4-8/h2,5-6,8H,3-4H2,1H3,(H,14,15,16). The van der Waals surface area contributed by atoms with E-state index in [1.807, 2.05) is 13.0 Å². The number of hydrogen-bond donors (Lipinski definition) is 1. The van der Waals surface area contributed by atoms with Crippen molar-refractivity contribution in [3.05, 3.63) is 35.4 Å². The minimum atomic E-state index is -0.263. The third-order valence-corrected chi connectivity index (χ3v) is 2.83. The monoisotopic (exact) mass is 217 g/mol. The van der Waals surface area contributed by atoms with Crippen LogP contribution in [0.5, 0.6) is 0 Å². The molecule has 0 spiro atoms. The Hall–Kier alpha value is -1.71. The Bertz CT molecular complexity index is 529. The molecule has 1 fully saturated rings. The van der Waals surface area contributed by atoms with Crippen LogP contribution in [0, 0.1) is 12.7 Å². The number of nitrogens with one attached hydrogen (secondary N) is 1. The predicted molar refractivity (Wildman–Crippen MR) is 58.5 cm³/mol. The number of hydrogen-bond acceptors (Lipinski definition) is 2. The highest BCUT2D eigenvalue weighted by molar-refractivity contribution is 5.56. The van der Waals surface area contributed by atoms with Crippen LogP contribution >= 0.6 is 0 Å². The van der Waals surface area contributed by atoms with E-state index in [1.165, 1.54) is 6.07 Å². The van der Waals surface area contributed by atoms with E-state index in [-0.39, 0.29) is 5.82 Å². The van der Waals surface area contributed by atoms with E-state index in [0.29, 0.717) is 17.3 Å². The molecule has 0 amide bonds. The molecule has 0 atom stereocenters. The van der Waals surface area contributed by atoms with E-state index in [0.717, 1.165) is 24.2 Å². The minimum absolute atomic E-state index is 0.263. The smallest absolute Gasteiger partial charge is 0.184 e. The zero-order valence-electron chi connectivity index (χ0n) is 9.00. The fraction of sp³-hybridized carbons (Fsp3) is 0.333. The molecule has 1 saturated carbocycles. The lowest BCUT2D eigenvalue weighted by molar-refractivity contribution is 0.629. The van der Waals surface area contributed by atoms with E-state index in [1.54, 1.807) is 6.07 Å². The molecule has 3 rings (SSSR count). The zero-order chi connectivity index (χ0) is 11.1. The summed E-state index contributed by atoms with van der Waals surface area (Å²) >= 11 is 0. The molecule has 0 unspecified atom stereocenters. The molecule has 82 valence electrons. The molecular weight excluding hydrogens is 205 g/mol. The molecule has 0 bridgehead atoms. The van der Waals surface area contributed by atoms with Crippen LogP contribution in [0.1, 0.15) is 30.1 Å². The summed E-state index contributed by atoms with van der Waals surface area (Å²) in [5.41, 5.74) is 1.37. The average molecular weight is 217 g/mol. The van der Waals surface area contributed by atoms with Gasteiger partial charge in [0.1, 0.15) is 11.6 Å². The van der Waals surface area contributed by atoms with E-state index < -0.39 is 0 Å². The van der Waals surface area contributed by atoms with Crippen molar-refractivity contribution in [3.8, 4) is 11.4 Å². The molecule has 1 aromatic heterocycles. The van der Waals surface area contributed by atoms with Crippen LogP contribution in [-0.4, -0.2) is 15.2 Å². The Morgan fingerprint density at radius 2 is 2.19 bits per heavy atom. The molecule has 2 aromatic rings. The summed E-state index contributed by atoms with van der Waals surface area (Å²) in [6, 6.07) is 5.10. The molecule has 16 heavy (non-hydrogen) atoms. The summed E-state index contributed by atoms with van der Waals surface area (Å²) in [7, 11) is 0. The Morgan fingerprint density at radius 1 is 1.38 bits per heavy atom. The topological polar surface area (TPSA) is 41.6 Å². The zero-order valence-corrected chi connectivity index (χ0v) is 9.00. The maximum Gasteiger partial charge on any atom is 0.184 e. The Morgan fingerprint density at radius 3 is 2.88 bits per heavy atom. The molecular formula is C12H12FN3. The molecule has 1 N–H and O–H groups in total. The van der Waals surface area contributed by atoms with Crippen LogP contribution < -0.4 is 0 Å². The third kappa shape index (κ3) is 1.60. The molecule has 1 aliphatic carbocycles. The molecule has 3 nitrogen and oxygen atoms in total. The first-order chi connectivity index (χ1) is 7.74. The first kappa shape index (κ1) is 9.51. The van der Waals surface area contributed by atoms with Gasteiger partial charge in [-0.15, -0.1) is 0 Å². The van der Waals surface area contributed by atoms with Crippen molar-refractivity contribution < 1.29 is 4.39 Å². The van der Waals surface area contributed by atoms with Gasteiger partial charge in [-0.1, -0.05) is 6.07 Å². The van der Waals surface area contributed by atoms with Gasteiger partial charge < -0.3 is 0 Å². The van der Waals surface area contributed by atoms with E-state index in [2.05, 4.69) is 15.2 Å². The van der Waals surface area contributed by atoms with E-state index in [4.69, 9.17) is 0 Å². The summed E-state index contributed by atoms with van der Waals surface area (Å²) in [5, 5.41) is 6.94. The van der Waals surface area contributed by atoms with Gasteiger partial charge in [0.05, 0.1) is 5.56 Å². The van der Waals surface area contributed by atoms with Gasteiger partial charge in [0.15, 0.2) is 5.82 Å². The number of nitrogens with zero attached hydrogens (tertiary/aromatic N) is 2. The number of aryl methyl sites for hydroxylation is 1. The molecule has 0 radical (unpaired) electrons. The van der Waals surface area contributed by atoms with Crippen LogP contribution in [0.25, 0.3) is 11.4 Å². The van der Waals surface area contributed by atoms with Gasteiger partial charge >= 0.3 is 0 Å². The lowest BCUT2D eigenvalue weighted by Gasteiger charge is -1.98. The van der Waals surface area contributed by atoms with Crippen LogP contribution in [0.3, 0.4) is 0 Å². The van der Waals surface area contributed by atoms with Crippen molar-refractivity contribution in [2.45, 2.75) is 25.7 Å². The largest absolute Gasteiger partial charge is 0.262 e. The molecule has 1 aliphatic rings. The highest BCUT2D eigenvalue weighted by Crippen LogP contribution is 2.38. The third-order valence-electron chi connectivity index (χ3n) is 2.83. The number of aromatic nitrogens is 3. The van der Waals surface area contributed by atoms with Crippen molar-refractivity contribution in [1.82, 2.24) is 15.2 Å². The van der Waals surface area contributed by atoms with E-state index >= 15 is 0 Å². The van der Waals surface area contributed by atoms with E-state index in [9.17, 15) is 4.39 Å². The van der Waals surface area contributed by atoms with Gasteiger partial charge in [-0.05, 0) is 37.5 Å². The first-order valence-corrected chi connectivity index (χ1v) is 5.43. The number of H-pyrrole nitrogens is 1. The van der Waals surface area contributed by atoms with Gasteiger partial charge in [-0.3, -0.25) is 5.10 Å². The molecule has 1 heterocycles. The normalized spacial score (nSPS) is 15.4. The van der Waals surface area contributed by atoms with Crippen LogP contribution in [0.2, 0.25) is 0 Å². The summed E-state index contributed by atoms with van der Waals surface area (Å²) in [6.45, 7) is 1.86. The highest BCUT2D eigenvalue weighted by atomic mass is 19.1. The first-order valence-electron chi connectivity index (χ1n) is 5.43. The van der Waals surface area contributed by atoms with Crippen LogP contribution in [0.15, 0.2) is 18.2 Å². The average Bonchev–Trinajstić information content (AvgIpc) is 2.98. The fourth-order valence-electron chi connectivity index (χ4n) is 1.74. The molecule has 0 aliphatic heterocycles. The molecule has 0 saturated heterocycles. The maximum absolute atomic E-state index is 13.7. The quantitative estimate of drug-likeness (QED) is 0.840. The van der Waals surface area contributed by atoms with Gasteiger partial charge in [-0.2, -0.15) is 5.10 Å². The minimum Gasteiger partial charge on any atom is -0.262 e. The summed E-state index contributed by atoms with van der Waals surface area (Å²) in [6.07, 6.45) is 2.32.